The summed E-state index contributed by atoms with van der Waals surface area (Å²) in [5.74, 6) is 9.73. The minimum atomic E-state index is -0.924. The maximum Gasteiger partial charge on any atom is 0.120 e. The highest BCUT2D eigenvalue weighted by Gasteiger charge is 2.31. The molecule has 0 amide bonds. The van der Waals surface area contributed by atoms with Crippen molar-refractivity contribution in [2.75, 3.05) is 0 Å². The van der Waals surface area contributed by atoms with Gasteiger partial charge in [0.2, 0.25) is 0 Å². The van der Waals surface area contributed by atoms with Gasteiger partial charge in [-0.2, -0.15) is 0 Å². The van der Waals surface area contributed by atoms with E-state index in [2.05, 4.69) is 43.0 Å². The minimum Gasteiger partial charge on any atom is -0.378 e. The molecule has 0 aromatic heterocycles. The highest BCUT2D eigenvalue weighted by atomic mass is 16.3. The number of rotatable bonds is 4. The third-order valence-corrected chi connectivity index (χ3v) is 6.92. The van der Waals surface area contributed by atoms with Crippen LogP contribution in [0.4, 0.5) is 0 Å². The van der Waals surface area contributed by atoms with Crippen LogP contribution in [0.3, 0.4) is 0 Å². The van der Waals surface area contributed by atoms with E-state index in [0.717, 1.165) is 29.2 Å². The first-order valence-electron chi connectivity index (χ1n) is 11.3. The third-order valence-electron chi connectivity index (χ3n) is 6.92. The number of hydrogen-bond acceptors (Lipinski definition) is 1. The van der Waals surface area contributed by atoms with Crippen LogP contribution in [0.1, 0.15) is 102 Å². The molecule has 0 radical (unpaired) electrons. The second kappa shape index (κ2) is 9.29. The molecule has 27 heavy (non-hydrogen) atoms. The highest BCUT2D eigenvalue weighted by Crippen LogP contribution is 2.44. The Kier molecular flexibility index (Phi) is 7.04. The average molecular weight is 367 g/mol. The van der Waals surface area contributed by atoms with Crippen LogP contribution in [0.2, 0.25) is 0 Å². The normalized spacial score (nSPS) is 29.0. The quantitative estimate of drug-likeness (QED) is 0.589. The summed E-state index contributed by atoms with van der Waals surface area (Å²) < 4.78 is 0. The first-order chi connectivity index (χ1) is 12.9. The monoisotopic (exact) mass is 366 g/mol. The van der Waals surface area contributed by atoms with Crippen LogP contribution in [-0.4, -0.2) is 10.7 Å². The Morgan fingerprint density at radius 2 is 1.44 bits per heavy atom. The second-order valence-electron chi connectivity index (χ2n) is 9.61. The van der Waals surface area contributed by atoms with Gasteiger partial charge in [-0.1, -0.05) is 56.6 Å². The Bertz CT molecular complexity index is 624. The van der Waals surface area contributed by atoms with Crippen molar-refractivity contribution in [3.8, 4) is 11.8 Å². The molecule has 1 nitrogen and oxygen atoms in total. The molecule has 2 fully saturated rings. The van der Waals surface area contributed by atoms with E-state index in [-0.39, 0.29) is 0 Å². The molecule has 0 atom stereocenters. The van der Waals surface area contributed by atoms with Gasteiger partial charge in [-0.25, -0.2) is 0 Å². The zero-order valence-electron chi connectivity index (χ0n) is 17.6. The molecule has 148 valence electrons. The maximum absolute atomic E-state index is 9.74. The molecule has 0 spiro atoms. The predicted molar refractivity (Wildman–Crippen MR) is 115 cm³/mol. The number of aliphatic hydroxyl groups is 1. The van der Waals surface area contributed by atoms with E-state index < -0.39 is 5.60 Å². The van der Waals surface area contributed by atoms with Gasteiger partial charge in [-0.3, -0.25) is 0 Å². The maximum atomic E-state index is 9.74. The summed E-state index contributed by atoms with van der Waals surface area (Å²) in [4.78, 5) is 0. The molecular weight excluding hydrogens is 328 g/mol. The van der Waals surface area contributed by atoms with Gasteiger partial charge in [0.25, 0.3) is 0 Å². The summed E-state index contributed by atoms with van der Waals surface area (Å²) in [6, 6.07) is 8.76. The van der Waals surface area contributed by atoms with Gasteiger partial charge in [0, 0.05) is 5.56 Å². The molecular formula is C26H38O. The lowest BCUT2D eigenvalue weighted by Crippen LogP contribution is -2.25. The van der Waals surface area contributed by atoms with Gasteiger partial charge in [-0.05, 0) is 93.7 Å². The number of benzene rings is 1. The molecule has 3 rings (SSSR count). The third kappa shape index (κ3) is 6.11. The molecule has 1 N–H and O–H groups in total. The van der Waals surface area contributed by atoms with Crippen LogP contribution < -0.4 is 0 Å². The Labute approximate surface area is 167 Å². The Hall–Kier alpha value is -1.26. The minimum absolute atomic E-state index is 0.731. The van der Waals surface area contributed by atoms with Crippen LogP contribution in [0.5, 0.6) is 0 Å². The summed E-state index contributed by atoms with van der Waals surface area (Å²) in [5.41, 5.74) is 1.56. The highest BCUT2D eigenvalue weighted by molar-refractivity contribution is 5.38. The van der Waals surface area contributed by atoms with Gasteiger partial charge in [-0.15, -0.1) is 0 Å². The largest absolute Gasteiger partial charge is 0.378 e. The summed E-state index contributed by atoms with van der Waals surface area (Å²) >= 11 is 0. The molecule has 0 aliphatic heterocycles. The van der Waals surface area contributed by atoms with E-state index in [1.807, 2.05) is 0 Å². The smallest absolute Gasteiger partial charge is 0.120 e. The fourth-order valence-corrected chi connectivity index (χ4v) is 5.34. The van der Waals surface area contributed by atoms with Gasteiger partial charge in [0.1, 0.15) is 5.60 Å². The molecule has 2 aliphatic carbocycles. The molecule has 1 aromatic rings. The molecule has 0 bridgehead atoms. The molecule has 0 saturated heterocycles. The van der Waals surface area contributed by atoms with Crippen LogP contribution >= 0.6 is 0 Å². The fourth-order valence-electron chi connectivity index (χ4n) is 5.34. The van der Waals surface area contributed by atoms with Crippen LogP contribution in [-0.2, 0) is 0 Å². The second-order valence-corrected chi connectivity index (χ2v) is 9.61. The fraction of sp³-hybridized carbons (Fsp3) is 0.692. The van der Waals surface area contributed by atoms with Crippen LogP contribution in [0, 0.1) is 29.6 Å². The van der Waals surface area contributed by atoms with Crippen molar-refractivity contribution >= 4 is 0 Å². The molecule has 1 aromatic carbocycles. The van der Waals surface area contributed by atoms with Crippen LogP contribution in [0.25, 0.3) is 0 Å². The average Bonchev–Trinajstić information content (AvgIpc) is 2.67. The molecule has 2 saturated carbocycles. The summed E-state index contributed by atoms with van der Waals surface area (Å²) in [5, 5.41) is 9.74. The zero-order chi connectivity index (χ0) is 19.3. The predicted octanol–water partition coefficient (Wildman–Crippen LogP) is 6.69. The molecule has 0 heterocycles. The van der Waals surface area contributed by atoms with E-state index in [9.17, 15) is 5.11 Å². The lowest BCUT2D eigenvalue weighted by molar-refractivity contribution is 0.143. The summed E-state index contributed by atoms with van der Waals surface area (Å²) in [6.45, 7) is 5.78. The lowest BCUT2D eigenvalue weighted by atomic mass is 9.68. The Morgan fingerprint density at radius 3 is 1.96 bits per heavy atom. The van der Waals surface area contributed by atoms with Crippen molar-refractivity contribution in [3.63, 3.8) is 0 Å². The summed E-state index contributed by atoms with van der Waals surface area (Å²) in [6.07, 6.45) is 14.4. The van der Waals surface area contributed by atoms with E-state index in [0.29, 0.717) is 0 Å². The van der Waals surface area contributed by atoms with Crippen molar-refractivity contribution in [1.82, 2.24) is 0 Å². The van der Waals surface area contributed by atoms with Crippen molar-refractivity contribution < 1.29 is 5.11 Å². The topological polar surface area (TPSA) is 20.2 Å². The number of hydrogen-bond donors (Lipinski definition) is 1. The molecule has 0 unspecified atom stereocenters. The zero-order valence-corrected chi connectivity index (χ0v) is 17.6. The Balaban J connectivity index is 1.48. The van der Waals surface area contributed by atoms with Crippen molar-refractivity contribution in [1.29, 1.82) is 0 Å². The SMILES string of the molecule is CCCC1CCC(C2CCC(c3ccc(C#CC(C)(C)O)cc3)CC2)CC1. The van der Waals surface area contributed by atoms with Crippen molar-refractivity contribution in [3.05, 3.63) is 35.4 Å². The molecule has 1 heteroatoms. The van der Waals surface area contributed by atoms with E-state index >= 15 is 0 Å². The van der Waals surface area contributed by atoms with E-state index in [1.54, 1.807) is 13.8 Å². The summed E-state index contributed by atoms with van der Waals surface area (Å²) in [7, 11) is 0. The standard InChI is InChI=1S/C26H38O/c1-4-5-20-6-10-22(11-7-20)24-14-16-25(17-15-24)23-12-8-21(9-13-23)18-19-26(2,3)27/h8-9,12-13,20,22,24-25,27H,4-7,10-11,14-17H2,1-3H3. The first kappa shape index (κ1) is 20.5. The lowest BCUT2D eigenvalue weighted by Gasteiger charge is -2.38. The Morgan fingerprint density at radius 1 is 0.889 bits per heavy atom. The van der Waals surface area contributed by atoms with Gasteiger partial charge < -0.3 is 5.11 Å². The van der Waals surface area contributed by atoms with Crippen LogP contribution in [0.15, 0.2) is 24.3 Å². The van der Waals surface area contributed by atoms with Gasteiger partial charge >= 0.3 is 0 Å². The van der Waals surface area contributed by atoms with Crippen molar-refractivity contribution in [2.45, 2.75) is 96.5 Å². The van der Waals surface area contributed by atoms with Gasteiger partial charge in [0.05, 0.1) is 0 Å². The van der Waals surface area contributed by atoms with E-state index in [1.165, 1.54) is 69.8 Å². The van der Waals surface area contributed by atoms with Gasteiger partial charge in [0.15, 0.2) is 0 Å². The van der Waals surface area contributed by atoms with Crippen molar-refractivity contribution in [2.24, 2.45) is 17.8 Å². The first-order valence-corrected chi connectivity index (χ1v) is 11.3. The molecule has 2 aliphatic rings. The van der Waals surface area contributed by atoms with E-state index in [4.69, 9.17) is 0 Å².